The van der Waals surface area contributed by atoms with E-state index in [1.54, 1.807) is 0 Å². The fraction of sp³-hybridized carbons (Fsp3) is 0.667. The first kappa shape index (κ1) is 12.1. The molecule has 1 fully saturated rings. The van der Waals surface area contributed by atoms with Crippen molar-refractivity contribution in [2.24, 2.45) is 0 Å². The molecule has 94 valence electrons. The first-order valence-corrected chi connectivity index (χ1v) is 6.27. The summed E-state index contributed by atoms with van der Waals surface area (Å²) in [4.78, 5) is 10.7. The zero-order valence-corrected chi connectivity index (χ0v) is 10.6. The molecule has 17 heavy (non-hydrogen) atoms. The second-order valence-electron chi connectivity index (χ2n) is 4.54. The van der Waals surface area contributed by atoms with Gasteiger partial charge in [0.2, 0.25) is 0 Å². The van der Waals surface area contributed by atoms with Crippen molar-refractivity contribution in [3.05, 3.63) is 11.9 Å². The smallest absolute Gasteiger partial charge is 0.134 e. The number of nitrogen functional groups attached to an aromatic ring is 1. The maximum atomic E-state index is 5.76. The Hall–Kier alpha value is -1.36. The highest BCUT2D eigenvalue weighted by Gasteiger charge is 2.22. The van der Waals surface area contributed by atoms with E-state index < -0.39 is 0 Å². The summed E-state index contributed by atoms with van der Waals surface area (Å²) in [6, 6.07) is 0.621. The third-order valence-corrected chi connectivity index (χ3v) is 3.53. The number of nitrogens with two attached hydrogens (primary N) is 1. The van der Waals surface area contributed by atoms with Gasteiger partial charge >= 0.3 is 0 Å². The lowest BCUT2D eigenvalue weighted by Crippen LogP contribution is -2.34. The molecule has 1 aliphatic rings. The van der Waals surface area contributed by atoms with Gasteiger partial charge in [0.15, 0.2) is 0 Å². The van der Waals surface area contributed by atoms with Crippen LogP contribution in [-0.4, -0.2) is 40.5 Å². The Morgan fingerprint density at radius 3 is 3.12 bits per heavy atom. The maximum Gasteiger partial charge on any atom is 0.134 e. The van der Waals surface area contributed by atoms with E-state index in [1.807, 2.05) is 6.92 Å². The van der Waals surface area contributed by atoms with Crippen LogP contribution < -0.4 is 11.1 Å². The molecule has 1 aromatic rings. The quantitative estimate of drug-likeness (QED) is 0.822. The highest BCUT2D eigenvalue weighted by molar-refractivity contribution is 5.53. The predicted octanol–water partition coefficient (Wildman–Crippen LogP) is 1.26. The molecule has 1 aliphatic heterocycles. The number of likely N-dealkylation sites (N-methyl/N-ethyl adjacent to an activating group) is 1. The lowest BCUT2D eigenvalue weighted by Gasteiger charge is -2.23. The molecule has 0 bridgehead atoms. The van der Waals surface area contributed by atoms with Crippen molar-refractivity contribution in [2.75, 3.05) is 30.7 Å². The summed E-state index contributed by atoms with van der Waals surface area (Å²) < 4.78 is 0. The molecule has 2 heterocycles. The van der Waals surface area contributed by atoms with Gasteiger partial charge in [-0.3, -0.25) is 4.90 Å². The summed E-state index contributed by atoms with van der Waals surface area (Å²) in [6.07, 6.45) is 4.07. The highest BCUT2D eigenvalue weighted by Crippen LogP contribution is 2.19. The number of aromatic nitrogens is 2. The van der Waals surface area contributed by atoms with Crippen molar-refractivity contribution in [2.45, 2.75) is 32.7 Å². The number of nitrogens with one attached hydrogen (secondary N) is 1. The average molecular weight is 235 g/mol. The lowest BCUT2D eigenvalue weighted by atomic mass is 10.2. The van der Waals surface area contributed by atoms with Crippen LogP contribution >= 0.6 is 0 Å². The van der Waals surface area contributed by atoms with Crippen molar-refractivity contribution in [1.29, 1.82) is 0 Å². The summed E-state index contributed by atoms with van der Waals surface area (Å²) in [5.74, 6) is 1.42. The molecule has 5 heteroatoms. The summed E-state index contributed by atoms with van der Waals surface area (Å²) in [6.45, 7) is 7.44. The Balaban J connectivity index is 1.95. The number of rotatable bonds is 4. The van der Waals surface area contributed by atoms with Gasteiger partial charge in [-0.1, -0.05) is 6.92 Å². The molecule has 0 radical (unpaired) electrons. The minimum atomic E-state index is 0.557. The van der Waals surface area contributed by atoms with E-state index >= 15 is 0 Å². The summed E-state index contributed by atoms with van der Waals surface area (Å²) in [5, 5.41) is 3.39. The van der Waals surface area contributed by atoms with Gasteiger partial charge in [-0.2, -0.15) is 0 Å². The Labute approximate surface area is 102 Å². The van der Waals surface area contributed by atoms with E-state index in [0.717, 1.165) is 24.5 Å². The van der Waals surface area contributed by atoms with Crippen LogP contribution in [0.1, 0.15) is 25.3 Å². The zero-order chi connectivity index (χ0) is 12.3. The van der Waals surface area contributed by atoms with Crippen molar-refractivity contribution < 1.29 is 0 Å². The van der Waals surface area contributed by atoms with Crippen molar-refractivity contribution >= 4 is 11.6 Å². The molecule has 1 aromatic heterocycles. The predicted molar refractivity (Wildman–Crippen MR) is 69.9 cm³/mol. The number of hydrogen-bond donors (Lipinski definition) is 2. The Kier molecular flexibility index (Phi) is 3.78. The molecule has 0 spiro atoms. The fourth-order valence-corrected chi connectivity index (χ4v) is 2.40. The topological polar surface area (TPSA) is 67.1 Å². The summed E-state index contributed by atoms with van der Waals surface area (Å²) in [5.41, 5.74) is 6.69. The first-order valence-electron chi connectivity index (χ1n) is 6.27. The standard InChI is InChI=1S/C12H21N5/c1-3-17-6-4-5-10(17)7-14-12-9(2)11(13)15-8-16-12/h8,10H,3-7H2,1-2H3,(H3,13,14,15,16). The maximum absolute atomic E-state index is 5.76. The number of nitrogens with zero attached hydrogens (tertiary/aromatic N) is 3. The van der Waals surface area contributed by atoms with Gasteiger partial charge in [0.05, 0.1) is 0 Å². The number of hydrogen-bond acceptors (Lipinski definition) is 5. The minimum absolute atomic E-state index is 0.557. The van der Waals surface area contributed by atoms with Crippen LogP contribution in [0, 0.1) is 6.92 Å². The summed E-state index contributed by atoms with van der Waals surface area (Å²) in [7, 11) is 0. The van der Waals surface area contributed by atoms with Gasteiger partial charge in [-0.25, -0.2) is 9.97 Å². The molecule has 0 aromatic carbocycles. The van der Waals surface area contributed by atoms with Gasteiger partial charge in [-0.15, -0.1) is 0 Å². The van der Waals surface area contributed by atoms with E-state index in [4.69, 9.17) is 5.73 Å². The van der Waals surface area contributed by atoms with E-state index in [0.29, 0.717) is 11.9 Å². The highest BCUT2D eigenvalue weighted by atomic mass is 15.2. The van der Waals surface area contributed by atoms with Crippen molar-refractivity contribution in [1.82, 2.24) is 14.9 Å². The second kappa shape index (κ2) is 5.31. The molecule has 0 aliphatic carbocycles. The molecule has 1 saturated heterocycles. The van der Waals surface area contributed by atoms with Gasteiger partial charge in [0.1, 0.15) is 18.0 Å². The number of anilines is 2. The van der Waals surface area contributed by atoms with E-state index in [2.05, 4.69) is 27.1 Å². The molecule has 1 unspecified atom stereocenters. The average Bonchev–Trinajstić information content (AvgIpc) is 2.78. The molecule has 5 nitrogen and oxygen atoms in total. The molecule has 0 saturated carbocycles. The molecule has 3 N–H and O–H groups in total. The van der Waals surface area contributed by atoms with Gasteiger partial charge < -0.3 is 11.1 Å². The van der Waals surface area contributed by atoms with E-state index in [-0.39, 0.29) is 0 Å². The van der Waals surface area contributed by atoms with Crippen LogP contribution in [0.3, 0.4) is 0 Å². The third-order valence-electron chi connectivity index (χ3n) is 3.53. The third kappa shape index (κ3) is 2.66. The van der Waals surface area contributed by atoms with Gasteiger partial charge in [-0.05, 0) is 32.9 Å². The molecular formula is C12H21N5. The Morgan fingerprint density at radius 1 is 1.53 bits per heavy atom. The van der Waals surface area contributed by atoms with Crippen molar-refractivity contribution in [3.63, 3.8) is 0 Å². The monoisotopic (exact) mass is 235 g/mol. The number of likely N-dealkylation sites (tertiary alicyclic amines) is 1. The largest absolute Gasteiger partial charge is 0.383 e. The van der Waals surface area contributed by atoms with Crippen LogP contribution in [0.25, 0.3) is 0 Å². The molecule has 2 rings (SSSR count). The Morgan fingerprint density at radius 2 is 2.35 bits per heavy atom. The normalized spacial score (nSPS) is 20.7. The van der Waals surface area contributed by atoms with Gasteiger partial charge in [0, 0.05) is 18.2 Å². The van der Waals surface area contributed by atoms with Crippen LogP contribution in [0.2, 0.25) is 0 Å². The van der Waals surface area contributed by atoms with Crippen LogP contribution in [-0.2, 0) is 0 Å². The minimum Gasteiger partial charge on any atom is -0.383 e. The lowest BCUT2D eigenvalue weighted by molar-refractivity contribution is 0.277. The molecule has 0 amide bonds. The van der Waals surface area contributed by atoms with Crippen LogP contribution in [0.5, 0.6) is 0 Å². The molecular weight excluding hydrogens is 214 g/mol. The van der Waals surface area contributed by atoms with Gasteiger partial charge in [0.25, 0.3) is 0 Å². The zero-order valence-electron chi connectivity index (χ0n) is 10.6. The van der Waals surface area contributed by atoms with Crippen LogP contribution in [0.15, 0.2) is 6.33 Å². The SMILES string of the molecule is CCN1CCCC1CNc1ncnc(N)c1C. The van der Waals surface area contributed by atoms with Crippen LogP contribution in [0.4, 0.5) is 11.6 Å². The summed E-state index contributed by atoms with van der Waals surface area (Å²) >= 11 is 0. The van der Waals surface area contributed by atoms with E-state index in [1.165, 1.54) is 25.7 Å². The fourth-order valence-electron chi connectivity index (χ4n) is 2.40. The van der Waals surface area contributed by atoms with Crippen molar-refractivity contribution in [3.8, 4) is 0 Å². The van der Waals surface area contributed by atoms with E-state index in [9.17, 15) is 0 Å². The first-order chi connectivity index (χ1) is 8.22. The second-order valence-corrected chi connectivity index (χ2v) is 4.54. The molecule has 1 atom stereocenters. The Bertz CT molecular complexity index is 379.